The van der Waals surface area contributed by atoms with E-state index < -0.39 is 0 Å². The van der Waals surface area contributed by atoms with E-state index in [1.165, 1.54) is 12.0 Å². The lowest BCUT2D eigenvalue weighted by molar-refractivity contribution is 0.100. The van der Waals surface area contributed by atoms with Crippen molar-refractivity contribution in [1.82, 2.24) is 15.5 Å². The molecule has 1 amide bonds. The molecule has 0 bridgehead atoms. The summed E-state index contributed by atoms with van der Waals surface area (Å²) in [5, 5.41) is 16.7. The minimum atomic E-state index is -0.379. The quantitative estimate of drug-likeness (QED) is 0.565. The number of nitrogens with one attached hydrogen (secondary N) is 2. The Balaban J connectivity index is 0.000000239. The van der Waals surface area contributed by atoms with E-state index >= 15 is 0 Å². The van der Waals surface area contributed by atoms with E-state index in [9.17, 15) is 9.90 Å². The Kier molecular flexibility index (Phi) is 8.30. The maximum atomic E-state index is 10.4. The van der Waals surface area contributed by atoms with Gasteiger partial charge in [-0.05, 0) is 30.7 Å². The number of nitrogens with two attached hydrogens (primary N) is 1. The highest BCUT2D eigenvalue weighted by molar-refractivity contribution is 5.92. The molecule has 0 aromatic heterocycles. The monoisotopic (exact) mass is 408 g/mol. The van der Waals surface area contributed by atoms with E-state index in [1.54, 1.807) is 24.3 Å². The van der Waals surface area contributed by atoms with Gasteiger partial charge in [0.2, 0.25) is 5.91 Å². The maximum Gasteiger partial charge on any atom is 0.248 e. The lowest BCUT2D eigenvalue weighted by Gasteiger charge is -2.25. The zero-order chi connectivity index (χ0) is 21.2. The molecule has 0 spiro atoms. The number of primary amides is 1. The number of aliphatic hydroxyl groups is 1. The van der Waals surface area contributed by atoms with Crippen LogP contribution in [0.25, 0.3) is 0 Å². The third-order valence-corrected chi connectivity index (χ3v) is 5.48. The topological polar surface area (TPSA) is 90.6 Å². The standard InChI is InChI=1S/C17H25N3O.C7H7NO/c21-17-7-9-20(13-17)12-15(14-4-2-1-3-5-14)10-19-16-6-8-18-11-16;8-7(9)6-4-2-1-3-5-6/h1-5,13,15-16,18-19,21H,6-12H2;1-5H,(H2,8,9)/t15-,16?;/m0./s1. The minimum Gasteiger partial charge on any atom is -0.511 e. The average molecular weight is 409 g/mol. The second kappa shape index (κ2) is 11.4. The number of nitrogens with zero attached hydrogens (tertiary/aromatic N) is 1. The predicted octanol–water partition coefficient (Wildman–Crippen LogP) is 2.61. The van der Waals surface area contributed by atoms with E-state index in [2.05, 4.69) is 45.9 Å². The lowest BCUT2D eigenvalue weighted by atomic mass is 9.98. The number of benzene rings is 2. The molecule has 5 N–H and O–H groups in total. The van der Waals surface area contributed by atoms with Crippen molar-refractivity contribution in [2.75, 3.05) is 32.7 Å². The number of hydrogen-bond donors (Lipinski definition) is 4. The van der Waals surface area contributed by atoms with Crippen LogP contribution >= 0.6 is 0 Å². The summed E-state index contributed by atoms with van der Waals surface area (Å²) in [4.78, 5) is 12.7. The predicted molar refractivity (Wildman–Crippen MR) is 120 cm³/mol. The molecule has 2 aliphatic rings. The molecular formula is C24H32N4O2. The molecule has 1 fully saturated rings. The maximum absolute atomic E-state index is 10.4. The van der Waals surface area contributed by atoms with Crippen LogP contribution < -0.4 is 16.4 Å². The zero-order valence-electron chi connectivity index (χ0n) is 17.3. The van der Waals surface area contributed by atoms with Gasteiger partial charge in [-0.15, -0.1) is 0 Å². The van der Waals surface area contributed by atoms with Gasteiger partial charge in [-0.25, -0.2) is 0 Å². The van der Waals surface area contributed by atoms with Crippen molar-refractivity contribution in [3.63, 3.8) is 0 Å². The first-order valence-corrected chi connectivity index (χ1v) is 10.6. The smallest absolute Gasteiger partial charge is 0.248 e. The second-order valence-corrected chi connectivity index (χ2v) is 7.80. The summed E-state index contributed by atoms with van der Waals surface area (Å²) in [6, 6.07) is 20.1. The van der Waals surface area contributed by atoms with Gasteiger partial charge in [0, 0.05) is 56.3 Å². The Morgan fingerprint density at radius 1 is 1.17 bits per heavy atom. The Morgan fingerprint density at radius 3 is 2.40 bits per heavy atom. The molecule has 1 saturated heterocycles. The van der Waals surface area contributed by atoms with Gasteiger partial charge in [0.1, 0.15) is 5.76 Å². The van der Waals surface area contributed by atoms with Crippen LogP contribution in [0.2, 0.25) is 0 Å². The molecule has 6 nitrogen and oxygen atoms in total. The summed E-state index contributed by atoms with van der Waals surface area (Å²) < 4.78 is 0. The minimum absolute atomic E-state index is 0.379. The van der Waals surface area contributed by atoms with Gasteiger partial charge in [-0.2, -0.15) is 0 Å². The normalized spacial score (nSPS) is 19.0. The number of rotatable bonds is 7. The van der Waals surface area contributed by atoms with E-state index in [-0.39, 0.29) is 5.91 Å². The second-order valence-electron chi connectivity index (χ2n) is 7.80. The Bertz CT molecular complexity index is 804. The Morgan fingerprint density at radius 2 is 1.87 bits per heavy atom. The summed E-state index contributed by atoms with van der Waals surface area (Å²) in [5.41, 5.74) is 6.90. The number of carbonyl (C=O) groups excluding carboxylic acids is 1. The van der Waals surface area contributed by atoms with E-state index in [4.69, 9.17) is 5.73 Å². The van der Waals surface area contributed by atoms with E-state index in [0.29, 0.717) is 23.3 Å². The van der Waals surface area contributed by atoms with Crippen LogP contribution in [0.1, 0.15) is 34.7 Å². The molecule has 2 heterocycles. The average Bonchev–Trinajstić information content (AvgIpc) is 3.44. The van der Waals surface area contributed by atoms with Gasteiger partial charge in [-0.3, -0.25) is 4.79 Å². The van der Waals surface area contributed by atoms with Crippen LogP contribution in [0.5, 0.6) is 0 Å². The zero-order valence-corrected chi connectivity index (χ0v) is 17.3. The van der Waals surface area contributed by atoms with Crippen LogP contribution in [-0.4, -0.2) is 54.7 Å². The van der Waals surface area contributed by atoms with E-state index in [0.717, 1.165) is 39.1 Å². The largest absolute Gasteiger partial charge is 0.511 e. The van der Waals surface area contributed by atoms with Gasteiger partial charge in [0.25, 0.3) is 0 Å². The van der Waals surface area contributed by atoms with Crippen molar-refractivity contribution in [3.8, 4) is 0 Å². The first kappa shape index (κ1) is 21.9. The van der Waals surface area contributed by atoms with Crippen LogP contribution in [-0.2, 0) is 0 Å². The highest BCUT2D eigenvalue weighted by atomic mass is 16.3. The molecule has 0 radical (unpaired) electrons. The van der Waals surface area contributed by atoms with Gasteiger partial charge < -0.3 is 26.4 Å². The van der Waals surface area contributed by atoms with Crippen molar-refractivity contribution in [3.05, 3.63) is 83.7 Å². The number of hydrogen-bond acceptors (Lipinski definition) is 5. The molecule has 160 valence electrons. The van der Waals surface area contributed by atoms with Gasteiger partial charge >= 0.3 is 0 Å². The molecule has 2 aliphatic heterocycles. The molecule has 0 saturated carbocycles. The summed E-state index contributed by atoms with van der Waals surface area (Å²) in [6.45, 7) is 5.07. The fraction of sp³-hybridized carbons (Fsp3) is 0.375. The molecule has 1 unspecified atom stereocenters. The number of amides is 1. The Hall–Kier alpha value is -2.83. The van der Waals surface area contributed by atoms with Crippen LogP contribution in [0.4, 0.5) is 0 Å². The first-order chi connectivity index (χ1) is 14.6. The summed E-state index contributed by atoms with van der Waals surface area (Å²) in [6.07, 6.45) is 3.89. The van der Waals surface area contributed by atoms with Crippen molar-refractivity contribution in [1.29, 1.82) is 0 Å². The highest BCUT2D eigenvalue weighted by Crippen LogP contribution is 2.20. The molecule has 30 heavy (non-hydrogen) atoms. The van der Waals surface area contributed by atoms with Crippen LogP contribution in [0.3, 0.4) is 0 Å². The third kappa shape index (κ3) is 6.90. The molecule has 2 aromatic carbocycles. The first-order valence-electron chi connectivity index (χ1n) is 10.6. The fourth-order valence-electron chi connectivity index (χ4n) is 3.78. The van der Waals surface area contributed by atoms with Crippen LogP contribution in [0.15, 0.2) is 72.6 Å². The van der Waals surface area contributed by atoms with Gasteiger partial charge in [0.05, 0.1) is 0 Å². The lowest BCUT2D eigenvalue weighted by Crippen LogP contribution is -2.37. The summed E-state index contributed by atoms with van der Waals surface area (Å²) in [5.74, 6) is 0.583. The van der Waals surface area contributed by atoms with Gasteiger partial charge in [-0.1, -0.05) is 48.5 Å². The van der Waals surface area contributed by atoms with Crippen molar-refractivity contribution in [2.24, 2.45) is 5.73 Å². The fourth-order valence-corrected chi connectivity index (χ4v) is 3.78. The van der Waals surface area contributed by atoms with Crippen LogP contribution in [0, 0.1) is 0 Å². The Labute approximate surface area is 178 Å². The van der Waals surface area contributed by atoms with Crippen molar-refractivity contribution in [2.45, 2.75) is 24.8 Å². The molecule has 0 aliphatic carbocycles. The molecule has 2 atom stereocenters. The molecule has 2 aromatic rings. The number of carbonyl (C=O) groups is 1. The highest BCUT2D eigenvalue weighted by Gasteiger charge is 2.20. The number of aliphatic hydroxyl groups excluding tert-OH is 1. The molecule has 4 rings (SSSR count). The third-order valence-electron chi connectivity index (χ3n) is 5.48. The van der Waals surface area contributed by atoms with E-state index in [1.807, 2.05) is 12.3 Å². The molecular weight excluding hydrogens is 376 g/mol. The van der Waals surface area contributed by atoms with Crippen molar-refractivity contribution >= 4 is 5.91 Å². The SMILES string of the molecule is NC(=O)c1ccccc1.OC1=CN(C[C@H](CNC2CCNC2)c2ccccc2)CC1. The summed E-state index contributed by atoms with van der Waals surface area (Å²) in [7, 11) is 0. The molecule has 6 heteroatoms. The van der Waals surface area contributed by atoms with Gasteiger partial charge in [0.15, 0.2) is 0 Å². The van der Waals surface area contributed by atoms with Crippen molar-refractivity contribution < 1.29 is 9.90 Å². The summed E-state index contributed by atoms with van der Waals surface area (Å²) >= 11 is 0.